The maximum absolute atomic E-state index is 12.3. The molecule has 0 saturated carbocycles. The second kappa shape index (κ2) is 6.76. The SMILES string of the molecule is O=C(/C=C/c1ccco1)N1CC[C@@H](c2noc(-c3ccccc3)n2)C1. The maximum Gasteiger partial charge on any atom is 0.257 e. The zero-order valence-corrected chi connectivity index (χ0v) is 13.5. The minimum atomic E-state index is -0.0364. The molecule has 0 radical (unpaired) electrons. The molecule has 1 saturated heterocycles. The van der Waals surface area contributed by atoms with Crippen LogP contribution >= 0.6 is 0 Å². The summed E-state index contributed by atoms with van der Waals surface area (Å²) >= 11 is 0. The van der Waals surface area contributed by atoms with E-state index in [-0.39, 0.29) is 11.8 Å². The summed E-state index contributed by atoms with van der Waals surface area (Å²) in [6.07, 6.45) is 5.62. The number of amides is 1. The number of hydrogen-bond donors (Lipinski definition) is 0. The number of rotatable bonds is 4. The van der Waals surface area contributed by atoms with Gasteiger partial charge >= 0.3 is 0 Å². The highest BCUT2D eigenvalue weighted by Crippen LogP contribution is 2.27. The number of hydrogen-bond acceptors (Lipinski definition) is 5. The molecule has 0 unspecified atom stereocenters. The standard InChI is InChI=1S/C19H17N3O3/c23-17(9-8-16-7-4-12-24-16)22-11-10-15(13-22)18-20-19(25-21-18)14-5-2-1-3-6-14/h1-9,12,15H,10-11,13H2/b9-8+/t15-/m1/s1. The van der Waals surface area contributed by atoms with Gasteiger partial charge in [-0.1, -0.05) is 23.4 Å². The Hall–Kier alpha value is -3.15. The fraction of sp³-hybridized carbons (Fsp3) is 0.211. The first-order valence-electron chi connectivity index (χ1n) is 8.19. The van der Waals surface area contributed by atoms with Crippen LogP contribution in [0.25, 0.3) is 17.5 Å². The van der Waals surface area contributed by atoms with Crippen LogP contribution in [0.5, 0.6) is 0 Å². The molecule has 6 heteroatoms. The molecule has 4 rings (SSSR count). The average Bonchev–Trinajstić information content (AvgIpc) is 3.41. The van der Waals surface area contributed by atoms with Gasteiger partial charge in [0.2, 0.25) is 5.91 Å². The fourth-order valence-corrected chi connectivity index (χ4v) is 2.91. The molecule has 0 N–H and O–H groups in total. The third-order valence-corrected chi connectivity index (χ3v) is 4.26. The van der Waals surface area contributed by atoms with Crippen molar-refractivity contribution in [1.29, 1.82) is 0 Å². The Balaban J connectivity index is 1.41. The lowest BCUT2D eigenvalue weighted by Gasteiger charge is -2.12. The minimum Gasteiger partial charge on any atom is -0.465 e. The van der Waals surface area contributed by atoms with E-state index in [1.807, 2.05) is 30.3 Å². The first kappa shape index (κ1) is 15.4. The molecule has 1 aliphatic rings. The molecule has 1 atom stereocenters. The molecule has 0 aliphatic carbocycles. The highest BCUT2D eigenvalue weighted by molar-refractivity contribution is 5.91. The van der Waals surface area contributed by atoms with Crippen LogP contribution in [-0.4, -0.2) is 34.0 Å². The van der Waals surface area contributed by atoms with E-state index < -0.39 is 0 Å². The van der Waals surface area contributed by atoms with E-state index in [9.17, 15) is 4.79 Å². The summed E-state index contributed by atoms with van der Waals surface area (Å²) in [7, 11) is 0. The zero-order valence-electron chi connectivity index (χ0n) is 13.5. The van der Waals surface area contributed by atoms with E-state index in [2.05, 4.69) is 10.1 Å². The molecule has 1 amide bonds. The van der Waals surface area contributed by atoms with Crippen molar-refractivity contribution in [3.05, 3.63) is 66.4 Å². The lowest BCUT2D eigenvalue weighted by molar-refractivity contribution is -0.125. The second-order valence-corrected chi connectivity index (χ2v) is 5.94. The van der Waals surface area contributed by atoms with Crippen molar-refractivity contribution in [1.82, 2.24) is 15.0 Å². The number of furan rings is 1. The summed E-state index contributed by atoms with van der Waals surface area (Å²) < 4.78 is 10.6. The summed E-state index contributed by atoms with van der Waals surface area (Å²) in [5, 5.41) is 4.10. The molecule has 6 nitrogen and oxygen atoms in total. The number of nitrogens with zero attached hydrogens (tertiary/aromatic N) is 3. The van der Waals surface area contributed by atoms with Gasteiger partial charge in [0.25, 0.3) is 5.89 Å². The van der Waals surface area contributed by atoms with E-state index in [4.69, 9.17) is 8.94 Å². The van der Waals surface area contributed by atoms with Crippen molar-refractivity contribution in [3.8, 4) is 11.5 Å². The van der Waals surface area contributed by atoms with Crippen LogP contribution in [0.4, 0.5) is 0 Å². The largest absolute Gasteiger partial charge is 0.465 e. The molecule has 1 aliphatic heterocycles. The summed E-state index contributed by atoms with van der Waals surface area (Å²) in [6.45, 7) is 1.27. The number of carbonyl (C=O) groups excluding carboxylic acids is 1. The molecule has 0 spiro atoms. The second-order valence-electron chi connectivity index (χ2n) is 5.94. The van der Waals surface area contributed by atoms with Crippen LogP contribution < -0.4 is 0 Å². The molecule has 2 aromatic heterocycles. The van der Waals surface area contributed by atoms with Gasteiger partial charge in [0.15, 0.2) is 5.82 Å². The quantitative estimate of drug-likeness (QED) is 0.684. The van der Waals surface area contributed by atoms with E-state index >= 15 is 0 Å². The van der Waals surface area contributed by atoms with Crippen molar-refractivity contribution in [2.75, 3.05) is 13.1 Å². The van der Waals surface area contributed by atoms with Gasteiger partial charge in [0.1, 0.15) is 5.76 Å². The van der Waals surface area contributed by atoms with Gasteiger partial charge in [-0.05, 0) is 36.8 Å². The number of aromatic nitrogens is 2. The number of benzene rings is 1. The van der Waals surface area contributed by atoms with Gasteiger partial charge in [0, 0.05) is 30.6 Å². The van der Waals surface area contributed by atoms with E-state index in [0.29, 0.717) is 30.6 Å². The molecular weight excluding hydrogens is 318 g/mol. The predicted octanol–water partition coefficient (Wildman–Crippen LogP) is 3.36. The lowest BCUT2D eigenvalue weighted by Crippen LogP contribution is -2.26. The molecule has 1 aromatic carbocycles. The first-order chi connectivity index (χ1) is 12.3. The molecule has 1 fully saturated rings. The Bertz CT molecular complexity index is 868. The van der Waals surface area contributed by atoms with Gasteiger partial charge in [-0.25, -0.2) is 0 Å². The third kappa shape index (κ3) is 3.38. The monoisotopic (exact) mass is 335 g/mol. The number of likely N-dealkylation sites (tertiary alicyclic amines) is 1. The van der Waals surface area contributed by atoms with Crippen molar-refractivity contribution >= 4 is 12.0 Å². The van der Waals surface area contributed by atoms with E-state index in [0.717, 1.165) is 12.0 Å². The Morgan fingerprint density at radius 2 is 2.08 bits per heavy atom. The van der Waals surface area contributed by atoms with Crippen molar-refractivity contribution in [3.63, 3.8) is 0 Å². The molecule has 0 bridgehead atoms. The topological polar surface area (TPSA) is 72.4 Å². The van der Waals surface area contributed by atoms with Crippen LogP contribution in [0.2, 0.25) is 0 Å². The van der Waals surface area contributed by atoms with Crippen LogP contribution in [0, 0.1) is 0 Å². The van der Waals surface area contributed by atoms with Gasteiger partial charge in [0.05, 0.1) is 6.26 Å². The Morgan fingerprint density at radius 3 is 2.88 bits per heavy atom. The molecular formula is C19H17N3O3. The van der Waals surface area contributed by atoms with Crippen LogP contribution in [0.3, 0.4) is 0 Å². The first-order valence-corrected chi connectivity index (χ1v) is 8.19. The fourth-order valence-electron chi connectivity index (χ4n) is 2.91. The zero-order chi connectivity index (χ0) is 17.1. The molecule has 3 heterocycles. The lowest BCUT2D eigenvalue weighted by atomic mass is 10.1. The maximum atomic E-state index is 12.3. The van der Waals surface area contributed by atoms with Crippen molar-refractivity contribution in [2.24, 2.45) is 0 Å². The van der Waals surface area contributed by atoms with Gasteiger partial charge < -0.3 is 13.8 Å². The molecule has 3 aromatic rings. The number of carbonyl (C=O) groups is 1. The third-order valence-electron chi connectivity index (χ3n) is 4.26. The summed E-state index contributed by atoms with van der Waals surface area (Å²) in [6, 6.07) is 13.3. The summed E-state index contributed by atoms with van der Waals surface area (Å²) in [4.78, 5) is 18.6. The smallest absolute Gasteiger partial charge is 0.257 e. The van der Waals surface area contributed by atoms with Crippen molar-refractivity contribution in [2.45, 2.75) is 12.3 Å². The van der Waals surface area contributed by atoms with Crippen LogP contribution in [0.15, 0.2) is 63.7 Å². The van der Waals surface area contributed by atoms with Gasteiger partial charge in [-0.3, -0.25) is 4.79 Å². The average molecular weight is 335 g/mol. The van der Waals surface area contributed by atoms with Crippen LogP contribution in [0.1, 0.15) is 23.9 Å². The molecule has 126 valence electrons. The normalized spacial score (nSPS) is 17.4. The highest BCUT2D eigenvalue weighted by atomic mass is 16.5. The minimum absolute atomic E-state index is 0.0364. The Kier molecular flexibility index (Phi) is 4.16. The van der Waals surface area contributed by atoms with Gasteiger partial charge in [-0.15, -0.1) is 0 Å². The Morgan fingerprint density at radius 1 is 1.20 bits per heavy atom. The summed E-state index contributed by atoms with van der Waals surface area (Å²) in [5.41, 5.74) is 0.897. The van der Waals surface area contributed by atoms with E-state index in [1.165, 1.54) is 6.08 Å². The van der Waals surface area contributed by atoms with E-state index in [1.54, 1.807) is 29.4 Å². The van der Waals surface area contributed by atoms with Gasteiger partial charge in [-0.2, -0.15) is 4.98 Å². The summed E-state index contributed by atoms with van der Waals surface area (Å²) in [5.74, 6) is 1.89. The predicted molar refractivity (Wildman–Crippen MR) is 91.4 cm³/mol. The van der Waals surface area contributed by atoms with Crippen LogP contribution in [-0.2, 0) is 4.79 Å². The molecule has 25 heavy (non-hydrogen) atoms. The van der Waals surface area contributed by atoms with Crippen molar-refractivity contribution < 1.29 is 13.7 Å². The highest BCUT2D eigenvalue weighted by Gasteiger charge is 2.29. The Labute approximate surface area is 144 Å².